The molecule has 1 aliphatic carbocycles. The molecule has 2 nitrogen and oxygen atoms in total. The highest BCUT2D eigenvalue weighted by atomic mass is 16.5. The molecule has 18 heavy (non-hydrogen) atoms. The van der Waals surface area contributed by atoms with Gasteiger partial charge in [0.1, 0.15) is 5.75 Å². The molecule has 0 saturated heterocycles. The zero-order chi connectivity index (χ0) is 13.0. The molecule has 1 saturated carbocycles. The first kappa shape index (κ1) is 13.4. The molecule has 100 valence electrons. The van der Waals surface area contributed by atoms with Crippen LogP contribution in [0.2, 0.25) is 0 Å². The second-order valence-electron chi connectivity index (χ2n) is 5.20. The van der Waals surface area contributed by atoms with Crippen molar-refractivity contribution in [1.82, 2.24) is 5.32 Å². The first-order chi connectivity index (χ1) is 8.76. The topological polar surface area (TPSA) is 21.3 Å². The van der Waals surface area contributed by atoms with Gasteiger partial charge < -0.3 is 10.1 Å². The highest BCUT2D eigenvalue weighted by Gasteiger charge is 2.53. The molecule has 0 aliphatic heterocycles. The van der Waals surface area contributed by atoms with E-state index in [1.807, 2.05) is 6.92 Å². The van der Waals surface area contributed by atoms with Gasteiger partial charge in [-0.15, -0.1) is 0 Å². The van der Waals surface area contributed by atoms with Gasteiger partial charge in [-0.2, -0.15) is 0 Å². The largest absolute Gasteiger partial charge is 0.494 e. The number of likely N-dealkylation sites (N-methyl/N-ethyl adjacent to an activating group) is 1. The van der Waals surface area contributed by atoms with Crippen LogP contribution in [0.15, 0.2) is 24.3 Å². The Bertz CT molecular complexity index is 373. The molecule has 0 heterocycles. The highest BCUT2D eigenvalue weighted by Crippen LogP contribution is 2.55. The van der Waals surface area contributed by atoms with Gasteiger partial charge in [0.25, 0.3) is 0 Å². The van der Waals surface area contributed by atoms with Crippen LogP contribution in [0.1, 0.15) is 39.2 Å². The van der Waals surface area contributed by atoms with E-state index >= 15 is 0 Å². The predicted molar refractivity (Wildman–Crippen MR) is 76.2 cm³/mol. The molecule has 1 aromatic carbocycles. The summed E-state index contributed by atoms with van der Waals surface area (Å²) in [5.41, 5.74) is 1.86. The van der Waals surface area contributed by atoms with E-state index in [0.29, 0.717) is 5.41 Å². The monoisotopic (exact) mass is 247 g/mol. The van der Waals surface area contributed by atoms with E-state index in [2.05, 4.69) is 43.4 Å². The minimum atomic E-state index is 0.384. The van der Waals surface area contributed by atoms with E-state index in [-0.39, 0.29) is 0 Å². The third-order valence-electron chi connectivity index (χ3n) is 4.16. The van der Waals surface area contributed by atoms with Gasteiger partial charge in [-0.05, 0) is 43.5 Å². The number of nitrogens with one attached hydrogen (secondary N) is 1. The molecule has 1 N–H and O–H groups in total. The Balaban J connectivity index is 2.12. The highest BCUT2D eigenvalue weighted by molar-refractivity contribution is 5.38. The summed E-state index contributed by atoms with van der Waals surface area (Å²) in [5.74, 6) is 1.82. The molecule has 1 aromatic rings. The average Bonchev–Trinajstić information content (AvgIpc) is 3.13. The molecule has 2 heteroatoms. The van der Waals surface area contributed by atoms with Crippen molar-refractivity contribution in [2.75, 3.05) is 19.7 Å². The van der Waals surface area contributed by atoms with Crippen molar-refractivity contribution in [3.63, 3.8) is 0 Å². The summed E-state index contributed by atoms with van der Waals surface area (Å²) in [6, 6.07) is 8.71. The van der Waals surface area contributed by atoms with E-state index in [0.717, 1.165) is 31.4 Å². The van der Waals surface area contributed by atoms with Crippen LogP contribution in [0.4, 0.5) is 0 Å². The van der Waals surface area contributed by atoms with Crippen LogP contribution in [0.25, 0.3) is 0 Å². The smallest absolute Gasteiger partial charge is 0.119 e. The fourth-order valence-electron chi connectivity index (χ4n) is 2.99. The van der Waals surface area contributed by atoms with Crippen molar-refractivity contribution in [3.05, 3.63) is 29.8 Å². The SMILES string of the molecule is CCNCC1(c2ccc(OCC)cc2)CC1CC. The minimum absolute atomic E-state index is 0.384. The Morgan fingerprint density at radius 3 is 2.44 bits per heavy atom. The molecule has 2 atom stereocenters. The van der Waals surface area contributed by atoms with Crippen molar-refractivity contribution in [1.29, 1.82) is 0 Å². The average molecular weight is 247 g/mol. The van der Waals surface area contributed by atoms with Crippen LogP contribution in [0.5, 0.6) is 5.75 Å². The molecule has 0 amide bonds. The summed E-state index contributed by atoms with van der Waals surface area (Å²) >= 11 is 0. The number of ether oxygens (including phenoxy) is 1. The molecular weight excluding hydrogens is 222 g/mol. The Labute approximate surface area is 111 Å². The van der Waals surface area contributed by atoms with Crippen LogP contribution < -0.4 is 10.1 Å². The lowest BCUT2D eigenvalue weighted by atomic mass is 9.92. The normalized spacial score (nSPS) is 26.1. The van der Waals surface area contributed by atoms with Crippen molar-refractivity contribution in [2.24, 2.45) is 5.92 Å². The third-order valence-corrected chi connectivity index (χ3v) is 4.16. The van der Waals surface area contributed by atoms with Crippen LogP contribution in [-0.2, 0) is 5.41 Å². The zero-order valence-electron chi connectivity index (χ0n) is 11.8. The van der Waals surface area contributed by atoms with Gasteiger partial charge in [-0.25, -0.2) is 0 Å². The first-order valence-electron chi connectivity index (χ1n) is 7.20. The van der Waals surface area contributed by atoms with Gasteiger partial charge >= 0.3 is 0 Å². The maximum atomic E-state index is 5.51. The number of benzene rings is 1. The molecule has 2 rings (SSSR count). The standard InChI is InChI=1S/C16H25NO/c1-4-13-11-16(13,12-17-5-2)14-7-9-15(10-8-14)18-6-3/h7-10,13,17H,4-6,11-12H2,1-3H3. The van der Waals surface area contributed by atoms with E-state index in [9.17, 15) is 0 Å². The summed E-state index contributed by atoms with van der Waals surface area (Å²) in [7, 11) is 0. The fraction of sp³-hybridized carbons (Fsp3) is 0.625. The fourth-order valence-corrected chi connectivity index (χ4v) is 2.99. The second kappa shape index (κ2) is 5.75. The maximum absolute atomic E-state index is 5.51. The first-order valence-corrected chi connectivity index (χ1v) is 7.20. The molecular formula is C16H25NO. The summed E-state index contributed by atoms with van der Waals surface area (Å²) in [5, 5.41) is 3.52. The lowest BCUT2D eigenvalue weighted by molar-refractivity contribution is 0.340. The van der Waals surface area contributed by atoms with E-state index in [1.54, 1.807) is 0 Å². The quantitative estimate of drug-likeness (QED) is 0.797. The van der Waals surface area contributed by atoms with Gasteiger partial charge in [-0.1, -0.05) is 32.4 Å². The molecule has 2 unspecified atom stereocenters. The van der Waals surface area contributed by atoms with Gasteiger partial charge in [0.05, 0.1) is 6.61 Å². The molecule has 0 spiro atoms. The molecule has 1 fully saturated rings. The number of rotatable bonds is 7. The van der Waals surface area contributed by atoms with Gasteiger partial charge in [0.2, 0.25) is 0 Å². The van der Waals surface area contributed by atoms with Gasteiger partial charge in [0, 0.05) is 12.0 Å². The summed E-state index contributed by atoms with van der Waals surface area (Å²) in [6.45, 7) is 9.39. The van der Waals surface area contributed by atoms with Crippen LogP contribution in [0, 0.1) is 5.92 Å². The van der Waals surface area contributed by atoms with Crippen molar-refractivity contribution >= 4 is 0 Å². The van der Waals surface area contributed by atoms with Crippen molar-refractivity contribution in [3.8, 4) is 5.75 Å². The maximum Gasteiger partial charge on any atom is 0.119 e. The Hall–Kier alpha value is -1.02. The van der Waals surface area contributed by atoms with Crippen molar-refractivity contribution in [2.45, 2.75) is 39.0 Å². The minimum Gasteiger partial charge on any atom is -0.494 e. The van der Waals surface area contributed by atoms with Crippen LogP contribution in [0.3, 0.4) is 0 Å². The number of hydrogen-bond acceptors (Lipinski definition) is 2. The van der Waals surface area contributed by atoms with Gasteiger partial charge in [0.15, 0.2) is 0 Å². The summed E-state index contributed by atoms with van der Waals surface area (Å²) in [4.78, 5) is 0. The summed E-state index contributed by atoms with van der Waals surface area (Å²) < 4.78 is 5.51. The van der Waals surface area contributed by atoms with E-state index < -0.39 is 0 Å². The van der Waals surface area contributed by atoms with E-state index in [4.69, 9.17) is 4.74 Å². The molecule has 0 radical (unpaired) electrons. The lowest BCUT2D eigenvalue weighted by Gasteiger charge is -2.19. The molecule has 1 aliphatic rings. The van der Waals surface area contributed by atoms with Crippen LogP contribution >= 0.6 is 0 Å². The van der Waals surface area contributed by atoms with Crippen LogP contribution in [-0.4, -0.2) is 19.7 Å². The summed E-state index contributed by atoms with van der Waals surface area (Å²) in [6.07, 6.45) is 2.60. The number of hydrogen-bond donors (Lipinski definition) is 1. The zero-order valence-corrected chi connectivity index (χ0v) is 11.8. The van der Waals surface area contributed by atoms with Crippen molar-refractivity contribution < 1.29 is 4.74 Å². The third kappa shape index (κ3) is 2.54. The van der Waals surface area contributed by atoms with Gasteiger partial charge in [-0.3, -0.25) is 0 Å². The second-order valence-corrected chi connectivity index (χ2v) is 5.20. The predicted octanol–water partition coefficient (Wildman–Crippen LogP) is 3.36. The molecule has 0 bridgehead atoms. The Morgan fingerprint density at radius 1 is 1.22 bits per heavy atom. The Kier molecular flexibility index (Phi) is 4.28. The Morgan fingerprint density at radius 2 is 1.94 bits per heavy atom. The lowest BCUT2D eigenvalue weighted by Crippen LogP contribution is -2.28. The molecule has 0 aromatic heterocycles. The van der Waals surface area contributed by atoms with E-state index in [1.165, 1.54) is 18.4 Å².